The number of sulfonamides is 1. The summed E-state index contributed by atoms with van der Waals surface area (Å²) in [7, 11) is -3.54. The molecule has 1 heterocycles. The first-order chi connectivity index (χ1) is 12.5. The van der Waals surface area contributed by atoms with Crippen molar-refractivity contribution in [1.29, 1.82) is 0 Å². The molecule has 6 nitrogen and oxygen atoms in total. The molecule has 0 aliphatic heterocycles. The van der Waals surface area contributed by atoms with E-state index in [1.165, 1.54) is 0 Å². The lowest BCUT2D eigenvalue weighted by atomic mass is 9.94. The molecule has 0 fully saturated rings. The van der Waals surface area contributed by atoms with E-state index in [9.17, 15) is 13.2 Å². The number of amides is 1. The Kier molecular flexibility index (Phi) is 9.99. The normalized spacial score (nSPS) is 12.1. The summed E-state index contributed by atoms with van der Waals surface area (Å²) in [6.45, 7) is 0.304. The Morgan fingerprint density at radius 2 is 1.81 bits per heavy atom. The van der Waals surface area contributed by atoms with Gasteiger partial charge in [-0.2, -0.15) is 0 Å². The topological polar surface area (TPSA) is 102 Å². The van der Waals surface area contributed by atoms with Crippen molar-refractivity contribution in [3.63, 3.8) is 0 Å². The first-order valence-electron chi connectivity index (χ1n) is 8.72. The minimum atomic E-state index is -3.54. The van der Waals surface area contributed by atoms with Crippen molar-refractivity contribution >= 4 is 28.3 Å². The number of primary amides is 1. The Morgan fingerprint density at radius 3 is 2.44 bits per heavy atom. The maximum atomic E-state index is 12.4. The number of rotatable bonds is 11. The summed E-state index contributed by atoms with van der Waals surface area (Å²) >= 11 is 0. The number of benzene rings is 1. The van der Waals surface area contributed by atoms with Gasteiger partial charge >= 0.3 is 0 Å². The van der Waals surface area contributed by atoms with Gasteiger partial charge in [0.1, 0.15) is 0 Å². The average molecular weight is 412 g/mol. The zero-order valence-electron chi connectivity index (χ0n) is 15.1. The number of pyridine rings is 1. The van der Waals surface area contributed by atoms with Crippen LogP contribution in [0.2, 0.25) is 0 Å². The average Bonchev–Trinajstić information content (AvgIpc) is 2.65. The summed E-state index contributed by atoms with van der Waals surface area (Å²) in [5.41, 5.74) is 6.15. The monoisotopic (exact) mass is 411 g/mol. The molecule has 0 aliphatic carbocycles. The zero-order valence-corrected chi connectivity index (χ0v) is 16.7. The molecule has 2 rings (SSSR count). The highest BCUT2D eigenvalue weighted by molar-refractivity contribution is 7.89. The van der Waals surface area contributed by atoms with Crippen molar-refractivity contribution in [3.8, 4) is 0 Å². The maximum Gasteiger partial charge on any atom is 0.240 e. The smallest absolute Gasteiger partial charge is 0.240 e. The molecule has 1 aromatic heterocycles. The number of nitrogens with zero attached hydrogens (tertiary/aromatic N) is 1. The summed E-state index contributed by atoms with van der Waals surface area (Å²) in [5, 5.41) is 0. The lowest BCUT2D eigenvalue weighted by molar-refractivity contribution is -0.118. The van der Waals surface area contributed by atoms with Gasteiger partial charge < -0.3 is 5.73 Å². The van der Waals surface area contributed by atoms with Gasteiger partial charge in [0.2, 0.25) is 15.9 Å². The summed E-state index contributed by atoms with van der Waals surface area (Å²) in [4.78, 5) is 15.2. The molecule has 148 valence electrons. The molecule has 0 saturated heterocycles. The molecule has 1 aromatic carbocycles. The van der Waals surface area contributed by atoms with E-state index in [4.69, 9.17) is 5.73 Å². The standard InChI is InChI=1S/C19H25N3O3S.ClH/c20-19(23)12-6-1-3-8-17(16-9-7-13-21-14-16)15-22-26(24,25)18-10-4-2-5-11-18;/h2,4-5,7,9-11,13-14,17,22H,1,3,6,8,12,15H2,(H2,20,23);1H. The van der Waals surface area contributed by atoms with Crippen LogP contribution in [0.25, 0.3) is 0 Å². The van der Waals surface area contributed by atoms with E-state index in [2.05, 4.69) is 9.71 Å². The van der Waals surface area contributed by atoms with Crippen LogP contribution < -0.4 is 10.5 Å². The predicted octanol–water partition coefficient (Wildman–Crippen LogP) is 3.00. The lowest BCUT2D eigenvalue weighted by Crippen LogP contribution is -2.28. The van der Waals surface area contributed by atoms with Gasteiger partial charge in [-0.15, -0.1) is 12.4 Å². The van der Waals surface area contributed by atoms with Crippen LogP contribution in [0.5, 0.6) is 0 Å². The van der Waals surface area contributed by atoms with E-state index in [0.29, 0.717) is 13.0 Å². The highest BCUT2D eigenvalue weighted by Crippen LogP contribution is 2.22. The minimum Gasteiger partial charge on any atom is -0.370 e. The molecule has 0 aliphatic rings. The third kappa shape index (κ3) is 8.07. The molecule has 0 radical (unpaired) electrons. The number of aromatic nitrogens is 1. The molecule has 1 unspecified atom stereocenters. The van der Waals surface area contributed by atoms with Gasteiger partial charge in [0.25, 0.3) is 0 Å². The van der Waals surface area contributed by atoms with Gasteiger partial charge in [0.15, 0.2) is 0 Å². The first-order valence-corrected chi connectivity index (χ1v) is 10.2. The third-order valence-corrected chi connectivity index (χ3v) is 5.64. The van der Waals surface area contributed by atoms with Crippen LogP contribution in [-0.4, -0.2) is 25.9 Å². The summed E-state index contributed by atoms with van der Waals surface area (Å²) in [6.07, 6.45) is 7.18. The summed E-state index contributed by atoms with van der Waals surface area (Å²) in [5.74, 6) is -0.264. The molecular formula is C19H26ClN3O3S. The van der Waals surface area contributed by atoms with Crippen molar-refractivity contribution in [2.75, 3.05) is 6.54 Å². The molecule has 8 heteroatoms. The van der Waals surface area contributed by atoms with Crippen LogP contribution in [0, 0.1) is 0 Å². The van der Waals surface area contributed by atoms with Crippen molar-refractivity contribution < 1.29 is 13.2 Å². The second kappa shape index (κ2) is 11.7. The number of nitrogens with two attached hydrogens (primary N) is 1. The fourth-order valence-corrected chi connectivity index (χ4v) is 3.87. The van der Waals surface area contributed by atoms with Crippen molar-refractivity contribution in [1.82, 2.24) is 9.71 Å². The van der Waals surface area contributed by atoms with Crippen LogP contribution in [-0.2, 0) is 14.8 Å². The molecule has 0 spiro atoms. The van der Waals surface area contributed by atoms with Gasteiger partial charge in [-0.05, 0) is 42.5 Å². The van der Waals surface area contributed by atoms with E-state index < -0.39 is 10.0 Å². The van der Waals surface area contributed by atoms with Crippen molar-refractivity contribution in [2.24, 2.45) is 5.73 Å². The Labute approximate surface area is 167 Å². The van der Waals surface area contributed by atoms with E-state index in [1.54, 1.807) is 42.7 Å². The predicted molar refractivity (Wildman–Crippen MR) is 108 cm³/mol. The number of unbranched alkanes of at least 4 members (excludes halogenated alkanes) is 2. The zero-order chi connectivity index (χ0) is 18.8. The SMILES string of the molecule is Cl.NC(=O)CCCCCC(CNS(=O)(=O)c1ccccc1)c1cccnc1. The molecule has 27 heavy (non-hydrogen) atoms. The van der Waals surface area contributed by atoms with Crippen LogP contribution >= 0.6 is 12.4 Å². The van der Waals surface area contributed by atoms with E-state index in [0.717, 1.165) is 31.2 Å². The number of hydrogen-bond donors (Lipinski definition) is 2. The fourth-order valence-electron chi connectivity index (χ4n) is 2.76. The highest BCUT2D eigenvalue weighted by atomic mass is 35.5. The van der Waals surface area contributed by atoms with Gasteiger partial charge in [-0.3, -0.25) is 9.78 Å². The van der Waals surface area contributed by atoms with Crippen molar-refractivity contribution in [3.05, 3.63) is 60.4 Å². The molecule has 0 bridgehead atoms. The van der Waals surface area contributed by atoms with E-state index >= 15 is 0 Å². The maximum absolute atomic E-state index is 12.4. The van der Waals surface area contributed by atoms with Crippen LogP contribution in [0.3, 0.4) is 0 Å². The second-order valence-corrected chi connectivity index (χ2v) is 7.98. The van der Waals surface area contributed by atoms with Gasteiger partial charge in [-0.1, -0.05) is 37.1 Å². The Balaban J connectivity index is 0.00000364. The van der Waals surface area contributed by atoms with Gasteiger partial charge in [0.05, 0.1) is 4.90 Å². The van der Waals surface area contributed by atoms with Crippen LogP contribution in [0.15, 0.2) is 59.8 Å². The Bertz CT molecular complexity index is 786. The highest BCUT2D eigenvalue weighted by Gasteiger charge is 2.18. The quantitative estimate of drug-likeness (QED) is 0.555. The number of hydrogen-bond acceptors (Lipinski definition) is 4. The first kappa shape index (κ1) is 23.1. The molecular weight excluding hydrogens is 386 g/mol. The second-order valence-electron chi connectivity index (χ2n) is 6.21. The summed E-state index contributed by atoms with van der Waals surface area (Å²) < 4.78 is 27.6. The summed E-state index contributed by atoms with van der Waals surface area (Å²) in [6, 6.07) is 12.1. The number of nitrogens with one attached hydrogen (secondary N) is 1. The van der Waals surface area contributed by atoms with Crippen LogP contribution in [0.1, 0.15) is 43.6 Å². The van der Waals surface area contributed by atoms with E-state index in [1.807, 2.05) is 12.1 Å². The Morgan fingerprint density at radius 1 is 1.07 bits per heavy atom. The molecule has 1 atom stereocenters. The van der Waals surface area contributed by atoms with Gasteiger partial charge in [0, 0.05) is 25.4 Å². The minimum absolute atomic E-state index is 0. The number of carbonyl (C=O) groups is 1. The lowest BCUT2D eigenvalue weighted by Gasteiger charge is -2.18. The molecule has 2 aromatic rings. The number of carbonyl (C=O) groups excluding carboxylic acids is 1. The van der Waals surface area contributed by atoms with Crippen molar-refractivity contribution in [2.45, 2.75) is 42.9 Å². The third-order valence-electron chi connectivity index (χ3n) is 4.20. The fraction of sp³-hybridized carbons (Fsp3) is 0.368. The molecule has 3 N–H and O–H groups in total. The largest absolute Gasteiger partial charge is 0.370 e. The molecule has 1 amide bonds. The van der Waals surface area contributed by atoms with E-state index in [-0.39, 0.29) is 29.1 Å². The number of halogens is 1. The van der Waals surface area contributed by atoms with Gasteiger partial charge in [-0.25, -0.2) is 13.1 Å². The molecule has 0 saturated carbocycles. The van der Waals surface area contributed by atoms with Crippen LogP contribution in [0.4, 0.5) is 0 Å². The Hall–Kier alpha value is -1.96.